The highest BCUT2D eigenvalue weighted by molar-refractivity contribution is 6.03. The maximum absolute atomic E-state index is 13.6. The van der Waals surface area contributed by atoms with Crippen LogP contribution in [0, 0.1) is 11.7 Å². The van der Waals surface area contributed by atoms with Crippen LogP contribution in [0.3, 0.4) is 0 Å². The molecule has 2 rings (SSSR count). The van der Waals surface area contributed by atoms with Gasteiger partial charge in [0.25, 0.3) is 11.8 Å². The molecule has 5 nitrogen and oxygen atoms in total. The van der Waals surface area contributed by atoms with Gasteiger partial charge in [-0.15, -0.1) is 0 Å². The highest BCUT2D eigenvalue weighted by Gasteiger charge is 2.13. The summed E-state index contributed by atoms with van der Waals surface area (Å²) >= 11 is 0. The lowest BCUT2D eigenvalue weighted by Crippen LogP contribution is -2.27. The Morgan fingerprint density at radius 1 is 1.04 bits per heavy atom. The Morgan fingerprint density at radius 3 is 2.38 bits per heavy atom. The van der Waals surface area contributed by atoms with E-state index in [4.69, 9.17) is 0 Å². The van der Waals surface area contributed by atoms with Gasteiger partial charge in [0.05, 0.1) is 5.69 Å². The maximum atomic E-state index is 13.6. The number of halogens is 1. The zero-order valence-electron chi connectivity index (χ0n) is 13.7. The smallest absolute Gasteiger partial charge is 0.274 e. The van der Waals surface area contributed by atoms with Gasteiger partial charge in [-0.25, -0.2) is 9.37 Å². The van der Waals surface area contributed by atoms with Crippen molar-refractivity contribution in [2.45, 2.75) is 20.3 Å². The number of hydrogen-bond donors (Lipinski definition) is 2. The number of anilines is 1. The molecule has 0 radical (unpaired) electrons. The van der Waals surface area contributed by atoms with Crippen molar-refractivity contribution >= 4 is 17.5 Å². The topological polar surface area (TPSA) is 71.1 Å². The average Bonchev–Trinajstić information content (AvgIpc) is 2.56. The minimum atomic E-state index is -0.572. The van der Waals surface area contributed by atoms with Gasteiger partial charge in [-0.05, 0) is 36.6 Å². The molecule has 2 amide bonds. The van der Waals surface area contributed by atoms with E-state index in [1.807, 2.05) is 0 Å². The standard InChI is InChI=1S/C18H20FN3O2/c1-12(2)10-11-20-17(23)15-8-5-9-16(21-15)18(24)22-14-7-4-3-6-13(14)19/h3-9,12H,10-11H2,1-2H3,(H,20,23)(H,22,24). The van der Waals surface area contributed by atoms with Gasteiger partial charge in [-0.3, -0.25) is 9.59 Å². The van der Waals surface area contributed by atoms with Gasteiger partial charge in [0.1, 0.15) is 17.2 Å². The molecule has 0 atom stereocenters. The molecule has 1 aromatic carbocycles. The minimum absolute atomic E-state index is 0.0507. The van der Waals surface area contributed by atoms with E-state index in [-0.39, 0.29) is 23.0 Å². The van der Waals surface area contributed by atoms with Crippen molar-refractivity contribution in [2.24, 2.45) is 5.92 Å². The molecule has 0 aliphatic carbocycles. The van der Waals surface area contributed by atoms with E-state index in [1.54, 1.807) is 12.1 Å². The van der Waals surface area contributed by atoms with Gasteiger partial charge in [0.15, 0.2) is 0 Å². The number of carbonyl (C=O) groups is 2. The number of rotatable bonds is 6. The number of nitrogens with zero attached hydrogens (tertiary/aromatic N) is 1. The molecule has 0 aliphatic heterocycles. The molecule has 0 fully saturated rings. The Kier molecular flexibility index (Phi) is 6.01. The third kappa shape index (κ3) is 4.87. The van der Waals surface area contributed by atoms with E-state index in [9.17, 15) is 14.0 Å². The molecule has 0 bridgehead atoms. The average molecular weight is 329 g/mol. The van der Waals surface area contributed by atoms with Crippen molar-refractivity contribution in [1.82, 2.24) is 10.3 Å². The third-order valence-electron chi connectivity index (χ3n) is 3.34. The number of amides is 2. The van der Waals surface area contributed by atoms with Crippen molar-refractivity contribution in [3.8, 4) is 0 Å². The predicted molar refractivity (Wildman–Crippen MR) is 90.4 cm³/mol. The number of benzene rings is 1. The molecule has 126 valence electrons. The molecule has 0 aliphatic rings. The molecule has 0 saturated carbocycles. The first-order valence-corrected chi connectivity index (χ1v) is 7.78. The third-order valence-corrected chi connectivity index (χ3v) is 3.34. The van der Waals surface area contributed by atoms with Crippen molar-refractivity contribution < 1.29 is 14.0 Å². The van der Waals surface area contributed by atoms with Crippen molar-refractivity contribution in [3.05, 3.63) is 59.7 Å². The number of carbonyl (C=O) groups excluding carboxylic acids is 2. The molecule has 2 aromatic rings. The Labute approximate surface area is 140 Å². The lowest BCUT2D eigenvalue weighted by Gasteiger charge is -2.08. The van der Waals surface area contributed by atoms with Crippen LogP contribution in [0.5, 0.6) is 0 Å². The summed E-state index contributed by atoms with van der Waals surface area (Å²) in [6.07, 6.45) is 0.860. The molecule has 2 N–H and O–H groups in total. The van der Waals surface area contributed by atoms with Crippen LogP contribution >= 0.6 is 0 Å². The number of para-hydroxylation sites is 1. The summed E-state index contributed by atoms with van der Waals surface area (Å²) in [5.74, 6) is -0.960. The molecule has 1 heterocycles. The van der Waals surface area contributed by atoms with Crippen molar-refractivity contribution in [2.75, 3.05) is 11.9 Å². The fraction of sp³-hybridized carbons (Fsp3) is 0.278. The largest absolute Gasteiger partial charge is 0.351 e. The summed E-state index contributed by atoms with van der Waals surface area (Å²) in [6, 6.07) is 10.4. The molecule has 6 heteroatoms. The van der Waals surface area contributed by atoms with Crippen LogP contribution in [0.2, 0.25) is 0 Å². The summed E-state index contributed by atoms with van der Waals surface area (Å²) in [6.45, 7) is 4.68. The first-order chi connectivity index (χ1) is 11.5. The summed E-state index contributed by atoms with van der Waals surface area (Å²) in [5, 5.41) is 5.20. The van der Waals surface area contributed by atoms with Gasteiger partial charge in [0, 0.05) is 6.54 Å². The summed E-state index contributed by atoms with van der Waals surface area (Å²) in [5.41, 5.74) is 0.269. The van der Waals surface area contributed by atoms with Crippen LogP contribution in [0.25, 0.3) is 0 Å². The Morgan fingerprint density at radius 2 is 1.71 bits per heavy atom. The van der Waals surface area contributed by atoms with Crippen molar-refractivity contribution in [1.29, 1.82) is 0 Å². The minimum Gasteiger partial charge on any atom is -0.351 e. The Bertz CT molecular complexity index is 732. The number of aromatic nitrogens is 1. The molecule has 0 unspecified atom stereocenters. The predicted octanol–water partition coefficient (Wildman–Crippen LogP) is 3.25. The SMILES string of the molecule is CC(C)CCNC(=O)c1cccc(C(=O)Nc2ccccc2F)n1. The summed E-state index contributed by atoms with van der Waals surface area (Å²) in [7, 11) is 0. The monoisotopic (exact) mass is 329 g/mol. The fourth-order valence-electron chi connectivity index (χ4n) is 2.00. The van der Waals surface area contributed by atoms with Crippen LogP contribution < -0.4 is 10.6 Å². The molecular formula is C18H20FN3O2. The van der Waals surface area contributed by atoms with Crippen LogP contribution in [-0.4, -0.2) is 23.3 Å². The van der Waals surface area contributed by atoms with Crippen LogP contribution in [0.4, 0.5) is 10.1 Å². The second-order valence-corrected chi connectivity index (χ2v) is 5.78. The lowest BCUT2D eigenvalue weighted by molar-refractivity contribution is 0.0947. The highest BCUT2D eigenvalue weighted by atomic mass is 19.1. The van der Waals surface area contributed by atoms with E-state index in [0.29, 0.717) is 12.5 Å². The van der Waals surface area contributed by atoms with Crippen LogP contribution in [-0.2, 0) is 0 Å². The van der Waals surface area contributed by atoms with Gasteiger partial charge in [0.2, 0.25) is 0 Å². The Hall–Kier alpha value is -2.76. The number of hydrogen-bond acceptors (Lipinski definition) is 3. The molecular weight excluding hydrogens is 309 g/mol. The maximum Gasteiger partial charge on any atom is 0.274 e. The van der Waals surface area contributed by atoms with E-state index < -0.39 is 11.7 Å². The van der Waals surface area contributed by atoms with Crippen molar-refractivity contribution in [3.63, 3.8) is 0 Å². The molecule has 0 spiro atoms. The van der Waals surface area contributed by atoms with Gasteiger partial charge in [-0.1, -0.05) is 32.0 Å². The number of pyridine rings is 1. The Balaban J connectivity index is 2.05. The first kappa shape index (κ1) is 17.6. The van der Waals surface area contributed by atoms with E-state index >= 15 is 0 Å². The number of nitrogens with one attached hydrogen (secondary N) is 2. The quantitative estimate of drug-likeness (QED) is 0.854. The summed E-state index contributed by atoms with van der Waals surface area (Å²) < 4.78 is 13.6. The second-order valence-electron chi connectivity index (χ2n) is 5.78. The zero-order valence-corrected chi connectivity index (χ0v) is 13.7. The van der Waals surface area contributed by atoms with Crippen LogP contribution in [0.1, 0.15) is 41.2 Å². The zero-order chi connectivity index (χ0) is 17.5. The highest BCUT2D eigenvalue weighted by Crippen LogP contribution is 2.13. The summed E-state index contributed by atoms with van der Waals surface area (Å²) in [4.78, 5) is 28.3. The van der Waals surface area contributed by atoms with E-state index in [2.05, 4.69) is 29.5 Å². The fourth-order valence-corrected chi connectivity index (χ4v) is 2.00. The molecule has 24 heavy (non-hydrogen) atoms. The molecule has 1 aromatic heterocycles. The second kappa shape index (κ2) is 8.19. The normalized spacial score (nSPS) is 10.5. The van der Waals surface area contributed by atoms with E-state index in [1.165, 1.54) is 30.3 Å². The van der Waals surface area contributed by atoms with Gasteiger partial charge in [-0.2, -0.15) is 0 Å². The molecule has 0 saturated heterocycles. The van der Waals surface area contributed by atoms with Gasteiger partial charge < -0.3 is 10.6 Å². The first-order valence-electron chi connectivity index (χ1n) is 7.78. The van der Waals surface area contributed by atoms with E-state index in [0.717, 1.165) is 6.42 Å². The van der Waals surface area contributed by atoms with Crippen LogP contribution in [0.15, 0.2) is 42.5 Å². The lowest BCUT2D eigenvalue weighted by atomic mass is 10.1. The van der Waals surface area contributed by atoms with Gasteiger partial charge >= 0.3 is 0 Å².